The summed E-state index contributed by atoms with van der Waals surface area (Å²) >= 11 is 0. The Morgan fingerprint density at radius 3 is 2.71 bits per heavy atom. The SMILES string of the molecule is CC[C@H](NC(=O)CCc1c(C)c2ccc(O)cc2oc1=O)C(=O)[O-]. The summed E-state index contributed by atoms with van der Waals surface area (Å²) in [5.41, 5.74) is 0.713. The molecule has 2 aromatic rings. The second-order valence-corrected chi connectivity index (χ2v) is 5.52. The Kier molecular flexibility index (Phi) is 5.23. The Balaban J connectivity index is 2.18. The Morgan fingerprint density at radius 1 is 1.38 bits per heavy atom. The molecule has 2 N–H and O–H groups in total. The van der Waals surface area contributed by atoms with E-state index in [1.165, 1.54) is 12.1 Å². The molecular weight excluding hydrogens is 314 g/mol. The first kappa shape index (κ1) is 17.5. The summed E-state index contributed by atoms with van der Waals surface area (Å²) in [6, 6.07) is 3.42. The number of carboxylic acids is 1. The van der Waals surface area contributed by atoms with Gasteiger partial charge in [-0.15, -0.1) is 0 Å². The van der Waals surface area contributed by atoms with Gasteiger partial charge in [0.2, 0.25) is 5.91 Å². The number of hydrogen-bond acceptors (Lipinski definition) is 6. The fourth-order valence-electron chi connectivity index (χ4n) is 2.50. The zero-order valence-corrected chi connectivity index (χ0v) is 13.4. The number of carboxylic acid groups (broad SMARTS) is 1. The molecule has 0 saturated carbocycles. The third-order valence-corrected chi connectivity index (χ3v) is 3.90. The third-order valence-electron chi connectivity index (χ3n) is 3.90. The van der Waals surface area contributed by atoms with E-state index in [4.69, 9.17) is 4.42 Å². The highest BCUT2D eigenvalue weighted by molar-refractivity contribution is 5.84. The predicted octanol–water partition coefficient (Wildman–Crippen LogP) is 0.384. The van der Waals surface area contributed by atoms with Gasteiger partial charge in [0, 0.05) is 23.4 Å². The number of fused-ring (bicyclic) bond motifs is 1. The number of amides is 1. The molecule has 0 aliphatic carbocycles. The number of aliphatic carboxylic acids is 1. The number of phenols is 1. The van der Waals surface area contributed by atoms with Crippen molar-refractivity contribution < 1.29 is 24.2 Å². The number of carbonyl (C=O) groups excluding carboxylic acids is 2. The molecule has 1 aromatic heterocycles. The van der Waals surface area contributed by atoms with Gasteiger partial charge in [-0.3, -0.25) is 4.79 Å². The summed E-state index contributed by atoms with van der Waals surface area (Å²) in [6.07, 6.45) is 0.300. The first-order valence-corrected chi connectivity index (χ1v) is 7.59. The van der Waals surface area contributed by atoms with E-state index in [0.717, 1.165) is 0 Å². The maximum Gasteiger partial charge on any atom is 0.339 e. The van der Waals surface area contributed by atoms with Crippen LogP contribution in [0.3, 0.4) is 0 Å². The van der Waals surface area contributed by atoms with Crippen molar-refractivity contribution in [3.63, 3.8) is 0 Å². The number of carbonyl (C=O) groups is 2. The van der Waals surface area contributed by atoms with Crippen LogP contribution in [0.2, 0.25) is 0 Å². The summed E-state index contributed by atoms with van der Waals surface area (Å²) in [7, 11) is 0. The van der Waals surface area contributed by atoms with Crippen molar-refractivity contribution in [2.45, 2.75) is 39.2 Å². The van der Waals surface area contributed by atoms with Crippen molar-refractivity contribution in [3.05, 3.63) is 39.7 Å². The highest BCUT2D eigenvalue weighted by Crippen LogP contribution is 2.23. The lowest BCUT2D eigenvalue weighted by molar-refractivity contribution is -0.308. The van der Waals surface area contributed by atoms with Crippen molar-refractivity contribution in [1.29, 1.82) is 0 Å². The molecule has 0 saturated heterocycles. The van der Waals surface area contributed by atoms with E-state index in [-0.39, 0.29) is 30.6 Å². The summed E-state index contributed by atoms with van der Waals surface area (Å²) in [6.45, 7) is 3.36. The average molecular weight is 332 g/mol. The highest BCUT2D eigenvalue weighted by atomic mass is 16.4. The minimum atomic E-state index is -1.34. The lowest BCUT2D eigenvalue weighted by atomic mass is 10.0. The number of rotatable bonds is 6. The molecule has 0 spiro atoms. The monoisotopic (exact) mass is 332 g/mol. The molecule has 24 heavy (non-hydrogen) atoms. The molecule has 1 atom stereocenters. The third kappa shape index (κ3) is 3.73. The topological polar surface area (TPSA) is 120 Å². The summed E-state index contributed by atoms with van der Waals surface area (Å²) in [5, 5.41) is 23.3. The van der Waals surface area contributed by atoms with Crippen molar-refractivity contribution in [1.82, 2.24) is 5.32 Å². The number of nitrogens with one attached hydrogen (secondary N) is 1. The molecule has 7 nitrogen and oxygen atoms in total. The van der Waals surface area contributed by atoms with E-state index in [1.807, 2.05) is 0 Å². The number of aromatic hydroxyl groups is 1. The molecule has 7 heteroatoms. The van der Waals surface area contributed by atoms with Gasteiger partial charge in [-0.1, -0.05) is 6.92 Å². The van der Waals surface area contributed by atoms with Gasteiger partial charge in [-0.05, 0) is 37.5 Å². The Labute approximate surface area is 137 Å². The van der Waals surface area contributed by atoms with E-state index in [2.05, 4.69) is 5.32 Å². The molecule has 1 aromatic carbocycles. The van der Waals surface area contributed by atoms with E-state index in [9.17, 15) is 24.6 Å². The maximum atomic E-state index is 12.1. The van der Waals surface area contributed by atoms with Crippen LogP contribution in [0.5, 0.6) is 5.75 Å². The molecule has 128 valence electrons. The molecule has 2 rings (SSSR count). The molecular formula is C17H18NO6-. The molecule has 0 aliphatic heterocycles. The number of aryl methyl sites for hydroxylation is 1. The molecule has 1 heterocycles. The summed E-state index contributed by atoms with van der Waals surface area (Å²) < 4.78 is 5.18. The van der Waals surface area contributed by atoms with Crippen LogP contribution in [-0.2, 0) is 16.0 Å². The number of hydrogen-bond donors (Lipinski definition) is 2. The molecule has 0 aliphatic rings. The fourth-order valence-corrected chi connectivity index (χ4v) is 2.50. The molecule has 0 bridgehead atoms. The van der Waals surface area contributed by atoms with Crippen LogP contribution >= 0.6 is 0 Å². The maximum absolute atomic E-state index is 12.1. The fraction of sp³-hybridized carbons (Fsp3) is 0.353. The van der Waals surface area contributed by atoms with Gasteiger partial charge in [-0.25, -0.2) is 4.79 Å². The van der Waals surface area contributed by atoms with Crippen LogP contribution in [0, 0.1) is 6.92 Å². The van der Waals surface area contributed by atoms with E-state index in [1.54, 1.807) is 19.9 Å². The van der Waals surface area contributed by atoms with Gasteiger partial charge in [0.15, 0.2) is 0 Å². The van der Waals surface area contributed by atoms with Crippen LogP contribution in [-0.4, -0.2) is 23.0 Å². The van der Waals surface area contributed by atoms with E-state index >= 15 is 0 Å². The van der Waals surface area contributed by atoms with Gasteiger partial charge in [0.05, 0.1) is 12.0 Å². The van der Waals surface area contributed by atoms with Crippen LogP contribution in [0.25, 0.3) is 11.0 Å². The van der Waals surface area contributed by atoms with Gasteiger partial charge in [0.1, 0.15) is 11.3 Å². The minimum Gasteiger partial charge on any atom is -0.548 e. The zero-order chi connectivity index (χ0) is 17.9. The highest BCUT2D eigenvalue weighted by Gasteiger charge is 2.15. The first-order chi connectivity index (χ1) is 11.3. The predicted molar refractivity (Wildman–Crippen MR) is 84.4 cm³/mol. The Bertz CT molecular complexity index is 839. The van der Waals surface area contributed by atoms with Gasteiger partial charge in [-0.2, -0.15) is 0 Å². The quantitative estimate of drug-likeness (QED) is 0.738. The van der Waals surface area contributed by atoms with Gasteiger partial charge in [0.25, 0.3) is 0 Å². The zero-order valence-electron chi connectivity index (χ0n) is 13.4. The molecule has 0 unspecified atom stereocenters. The second-order valence-electron chi connectivity index (χ2n) is 5.52. The van der Waals surface area contributed by atoms with Crippen LogP contribution in [0.4, 0.5) is 0 Å². The van der Waals surface area contributed by atoms with Gasteiger partial charge >= 0.3 is 5.63 Å². The van der Waals surface area contributed by atoms with Crippen molar-refractivity contribution in [2.75, 3.05) is 0 Å². The first-order valence-electron chi connectivity index (χ1n) is 7.59. The Morgan fingerprint density at radius 2 is 2.08 bits per heavy atom. The van der Waals surface area contributed by atoms with Crippen molar-refractivity contribution in [2.24, 2.45) is 0 Å². The smallest absolute Gasteiger partial charge is 0.339 e. The standard InChI is InChI=1S/C17H19NO6/c1-3-13(16(21)22)18-15(20)7-6-12-9(2)11-5-4-10(19)8-14(11)24-17(12)23/h4-5,8,13,19H,3,6-7H2,1-2H3,(H,18,20)(H,21,22)/p-1/t13-/m0/s1. The largest absolute Gasteiger partial charge is 0.548 e. The second kappa shape index (κ2) is 7.16. The van der Waals surface area contributed by atoms with Crippen LogP contribution in [0.1, 0.15) is 30.9 Å². The minimum absolute atomic E-state index is 0.00920. The Hall–Kier alpha value is -2.83. The van der Waals surface area contributed by atoms with Crippen LogP contribution in [0.15, 0.2) is 27.4 Å². The van der Waals surface area contributed by atoms with Crippen LogP contribution < -0.4 is 16.0 Å². The number of phenolic OH excluding ortho intramolecular Hbond substituents is 1. The lowest BCUT2D eigenvalue weighted by Crippen LogP contribution is -2.47. The summed E-state index contributed by atoms with van der Waals surface area (Å²) in [5.74, 6) is -1.83. The normalized spacial score (nSPS) is 12.1. The molecule has 0 radical (unpaired) electrons. The number of benzene rings is 1. The lowest BCUT2D eigenvalue weighted by Gasteiger charge is -2.17. The van der Waals surface area contributed by atoms with E-state index in [0.29, 0.717) is 16.5 Å². The van der Waals surface area contributed by atoms with Crippen molar-refractivity contribution in [3.8, 4) is 5.75 Å². The van der Waals surface area contributed by atoms with E-state index < -0.39 is 23.5 Å². The van der Waals surface area contributed by atoms with Gasteiger partial charge < -0.3 is 24.7 Å². The molecule has 0 fully saturated rings. The van der Waals surface area contributed by atoms with Crippen molar-refractivity contribution >= 4 is 22.8 Å². The average Bonchev–Trinajstić information content (AvgIpc) is 2.51. The molecule has 1 amide bonds. The summed E-state index contributed by atoms with van der Waals surface area (Å²) in [4.78, 5) is 34.7.